The standard InChI is InChI=1S/C19H17F3N2O4/c20-19(21,22)14-4-1-3-13(11-14)18(7-9-28-10-8-18)17(25)23-15-5-2-6-16(12-15)24(26)27/h1-6,11-12H,7-10H2,(H,23,25). The van der Waals surface area contributed by atoms with Crippen molar-refractivity contribution in [1.29, 1.82) is 0 Å². The van der Waals surface area contributed by atoms with Crippen LogP contribution in [0, 0.1) is 10.1 Å². The minimum atomic E-state index is -4.53. The van der Waals surface area contributed by atoms with E-state index in [9.17, 15) is 28.1 Å². The molecule has 2 aromatic carbocycles. The molecule has 1 heterocycles. The van der Waals surface area contributed by atoms with E-state index < -0.39 is 28.0 Å². The van der Waals surface area contributed by atoms with Gasteiger partial charge < -0.3 is 10.1 Å². The Kier molecular flexibility index (Phi) is 5.37. The minimum Gasteiger partial charge on any atom is -0.381 e. The third-order valence-electron chi connectivity index (χ3n) is 4.84. The molecule has 0 atom stereocenters. The van der Waals surface area contributed by atoms with Crippen LogP contribution in [-0.2, 0) is 21.1 Å². The highest BCUT2D eigenvalue weighted by Gasteiger charge is 2.43. The largest absolute Gasteiger partial charge is 0.416 e. The zero-order valence-electron chi connectivity index (χ0n) is 14.7. The first kappa shape index (κ1) is 19.8. The highest BCUT2D eigenvalue weighted by atomic mass is 19.4. The summed E-state index contributed by atoms with van der Waals surface area (Å²) in [6.07, 6.45) is -4.12. The normalized spacial score (nSPS) is 16.4. The van der Waals surface area contributed by atoms with Crippen molar-refractivity contribution in [3.05, 3.63) is 69.8 Å². The van der Waals surface area contributed by atoms with Gasteiger partial charge in [-0.3, -0.25) is 14.9 Å². The van der Waals surface area contributed by atoms with Gasteiger partial charge in [0.15, 0.2) is 0 Å². The minimum absolute atomic E-state index is 0.196. The Balaban J connectivity index is 1.97. The maximum absolute atomic E-state index is 13.1. The predicted octanol–water partition coefficient (Wildman–Crippen LogP) is 4.30. The van der Waals surface area contributed by atoms with Crippen molar-refractivity contribution in [3.63, 3.8) is 0 Å². The van der Waals surface area contributed by atoms with Crippen molar-refractivity contribution in [1.82, 2.24) is 0 Å². The van der Waals surface area contributed by atoms with E-state index in [4.69, 9.17) is 4.74 Å². The summed E-state index contributed by atoms with van der Waals surface area (Å²) >= 11 is 0. The second kappa shape index (κ2) is 7.59. The van der Waals surface area contributed by atoms with Gasteiger partial charge in [0.25, 0.3) is 5.69 Å². The highest BCUT2D eigenvalue weighted by molar-refractivity contribution is 5.99. The lowest BCUT2D eigenvalue weighted by molar-refractivity contribution is -0.384. The van der Waals surface area contributed by atoms with Gasteiger partial charge in [0.1, 0.15) is 0 Å². The molecule has 0 radical (unpaired) electrons. The van der Waals surface area contributed by atoms with Crippen molar-refractivity contribution >= 4 is 17.3 Å². The average Bonchev–Trinajstić information content (AvgIpc) is 2.68. The van der Waals surface area contributed by atoms with Crippen molar-refractivity contribution in [2.75, 3.05) is 18.5 Å². The summed E-state index contributed by atoms with van der Waals surface area (Å²) in [6.45, 7) is 0.442. The fourth-order valence-corrected chi connectivity index (χ4v) is 3.31. The van der Waals surface area contributed by atoms with Gasteiger partial charge in [-0.15, -0.1) is 0 Å². The van der Waals surface area contributed by atoms with Crippen molar-refractivity contribution in [3.8, 4) is 0 Å². The van der Waals surface area contributed by atoms with Crippen LogP contribution in [0.2, 0.25) is 0 Å². The Hall–Kier alpha value is -2.94. The first-order valence-corrected chi connectivity index (χ1v) is 8.54. The number of hydrogen-bond acceptors (Lipinski definition) is 4. The molecule has 1 amide bonds. The highest BCUT2D eigenvalue weighted by Crippen LogP contribution is 2.39. The molecule has 0 aromatic heterocycles. The molecule has 1 saturated heterocycles. The maximum Gasteiger partial charge on any atom is 0.416 e. The smallest absolute Gasteiger partial charge is 0.381 e. The second-order valence-electron chi connectivity index (χ2n) is 6.53. The van der Waals surface area contributed by atoms with E-state index in [1.165, 1.54) is 36.4 Å². The molecule has 9 heteroatoms. The number of benzene rings is 2. The molecule has 0 spiro atoms. The molecule has 1 aliphatic rings. The van der Waals surface area contributed by atoms with Gasteiger partial charge in [-0.05, 0) is 30.5 Å². The van der Waals surface area contributed by atoms with E-state index in [0.29, 0.717) is 0 Å². The van der Waals surface area contributed by atoms with E-state index in [-0.39, 0.29) is 43.0 Å². The lowest BCUT2D eigenvalue weighted by atomic mass is 9.73. The zero-order chi connectivity index (χ0) is 20.4. The van der Waals surface area contributed by atoms with Crippen LogP contribution in [0.3, 0.4) is 0 Å². The monoisotopic (exact) mass is 394 g/mol. The first-order valence-electron chi connectivity index (χ1n) is 8.54. The number of halogens is 3. The number of anilines is 1. The lowest BCUT2D eigenvalue weighted by Gasteiger charge is -2.36. The number of ether oxygens (including phenoxy) is 1. The Morgan fingerprint density at radius 1 is 1.11 bits per heavy atom. The van der Waals surface area contributed by atoms with Crippen LogP contribution in [0.1, 0.15) is 24.0 Å². The van der Waals surface area contributed by atoms with Gasteiger partial charge >= 0.3 is 6.18 Å². The third kappa shape index (κ3) is 3.99. The summed E-state index contributed by atoms with van der Waals surface area (Å²) in [7, 11) is 0. The number of nitrogens with zero attached hydrogens (tertiary/aromatic N) is 1. The number of non-ortho nitro benzene ring substituents is 1. The molecule has 0 unspecified atom stereocenters. The molecular weight excluding hydrogens is 377 g/mol. The topological polar surface area (TPSA) is 81.5 Å². The van der Waals surface area contributed by atoms with E-state index in [1.807, 2.05) is 0 Å². The van der Waals surface area contributed by atoms with Gasteiger partial charge in [0, 0.05) is 31.0 Å². The zero-order valence-corrected chi connectivity index (χ0v) is 14.7. The number of carbonyl (C=O) groups is 1. The fraction of sp³-hybridized carbons (Fsp3) is 0.316. The number of alkyl halides is 3. The maximum atomic E-state index is 13.1. The first-order chi connectivity index (χ1) is 13.2. The van der Waals surface area contributed by atoms with Crippen LogP contribution >= 0.6 is 0 Å². The Labute approximate surface area is 158 Å². The van der Waals surface area contributed by atoms with Crippen LogP contribution in [-0.4, -0.2) is 24.0 Å². The van der Waals surface area contributed by atoms with Crippen LogP contribution in [0.5, 0.6) is 0 Å². The van der Waals surface area contributed by atoms with Crippen LogP contribution < -0.4 is 5.32 Å². The second-order valence-corrected chi connectivity index (χ2v) is 6.53. The van der Waals surface area contributed by atoms with E-state index in [1.54, 1.807) is 0 Å². The number of hydrogen-bond donors (Lipinski definition) is 1. The quantitative estimate of drug-likeness (QED) is 0.619. The number of nitro groups is 1. The summed E-state index contributed by atoms with van der Waals surface area (Å²) in [4.78, 5) is 23.5. The lowest BCUT2D eigenvalue weighted by Crippen LogP contribution is -2.45. The number of amides is 1. The van der Waals surface area contributed by atoms with Gasteiger partial charge in [-0.25, -0.2) is 0 Å². The fourth-order valence-electron chi connectivity index (χ4n) is 3.31. The molecule has 0 saturated carbocycles. The van der Waals surface area contributed by atoms with E-state index in [0.717, 1.165) is 12.1 Å². The Bertz CT molecular complexity index is 893. The molecule has 1 N–H and O–H groups in total. The van der Waals surface area contributed by atoms with Crippen LogP contribution in [0.15, 0.2) is 48.5 Å². The summed E-state index contributed by atoms with van der Waals surface area (Å²) < 4.78 is 44.7. The van der Waals surface area contributed by atoms with E-state index >= 15 is 0 Å². The van der Waals surface area contributed by atoms with Gasteiger partial charge in [-0.2, -0.15) is 13.2 Å². The Morgan fingerprint density at radius 2 is 1.79 bits per heavy atom. The number of nitrogens with one attached hydrogen (secondary N) is 1. The van der Waals surface area contributed by atoms with Gasteiger partial charge in [-0.1, -0.05) is 24.3 Å². The predicted molar refractivity (Wildman–Crippen MR) is 94.9 cm³/mol. The molecule has 1 fully saturated rings. The average molecular weight is 394 g/mol. The molecule has 1 aliphatic heterocycles. The molecular formula is C19H17F3N2O4. The van der Waals surface area contributed by atoms with Crippen LogP contribution in [0.4, 0.5) is 24.5 Å². The van der Waals surface area contributed by atoms with Gasteiger partial charge in [0.05, 0.1) is 15.9 Å². The number of nitro benzene ring substituents is 1. The molecule has 6 nitrogen and oxygen atoms in total. The van der Waals surface area contributed by atoms with Crippen molar-refractivity contribution < 1.29 is 27.6 Å². The summed E-state index contributed by atoms with van der Waals surface area (Å²) in [5.41, 5.74) is -1.80. The summed E-state index contributed by atoms with van der Waals surface area (Å²) in [5, 5.41) is 13.6. The molecule has 0 aliphatic carbocycles. The number of rotatable bonds is 4. The third-order valence-corrected chi connectivity index (χ3v) is 4.84. The molecule has 3 rings (SSSR count). The molecule has 148 valence electrons. The van der Waals surface area contributed by atoms with Gasteiger partial charge in [0.2, 0.25) is 5.91 Å². The van der Waals surface area contributed by atoms with Crippen LogP contribution in [0.25, 0.3) is 0 Å². The summed E-state index contributed by atoms with van der Waals surface area (Å²) in [5.74, 6) is -0.518. The Morgan fingerprint density at radius 3 is 2.43 bits per heavy atom. The summed E-state index contributed by atoms with van der Waals surface area (Å²) in [6, 6.07) is 10.1. The number of carbonyl (C=O) groups excluding carboxylic acids is 1. The molecule has 2 aromatic rings. The SMILES string of the molecule is O=C(Nc1cccc([N+](=O)[O-])c1)C1(c2cccc(C(F)(F)F)c2)CCOCC1. The molecule has 28 heavy (non-hydrogen) atoms. The van der Waals surface area contributed by atoms with Crippen molar-refractivity contribution in [2.45, 2.75) is 24.4 Å². The molecule has 0 bridgehead atoms. The van der Waals surface area contributed by atoms with E-state index in [2.05, 4.69) is 5.32 Å². The van der Waals surface area contributed by atoms with Crippen molar-refractivity contribution in [2.24, 2.45) is 0 Å².